The van der Waals surface area contributed by atoms with Crippen LogP contribution in [0, 0.1) is 0 Å². The molecular weight excluding hydrogens is 390 g/mol. The number of carbonyl (C=O) groups is 1. The minimum absolute atomic E-state index is 0.0557. The van der Waals surface area contributed by atoms with Crippen molar-refractivity contribution in [2.45, 2.75) is 148 Å². The Balaban J connectivity index is 1.84. The first-order chi connectivity index (χ1) is 14.5. The van der Waals surface area contributed by atoms with Crippen LogP contribution in [0.3, 0.4) is 0 Å². The fraction of sp³-hybridized carbons (Fsp3) is 0.960. The summed E-state index contributed by atoms with van der Waals surface area (Å²) in [6.45, 7) is 12.8. The third-order valence-electron chi connectivity index (χ3n) is 7.33. The molecule has 0 aromatic rings. The van der Waals surface area contributed by atoms with E-state index >= 15 is 0 Å². The molecule has 31 heavy (non-hydrogen) atoms. The SMILES string of the molecule is CCCCCCCCCCCCN1C(O)NC2(CC(C)(C)N(C(C)=O)C(C)(C)C2)C1O. The fourth-order valence-corrected chi connectivity index (χ4v) is 6.61. The van der Waals surface area contributed by atoms with E-state index in [1.807, 2.05) is 4.90 Å². The molecule has 1 spiro atoms. The number of piperidine rings is 1. The summed E-state index contributed by atoms with van der Waals surface area (Å²) >= 11 is 0. The average molecular weight is 440 g/mol. The molecule has 0 radical (unpaired) electrons. The van der Waals surface area contributed by atoms with Gasteiger partial charge in [-0.15, -0.1) is 0 Å². The van der Waals surface area contributed by atoms with E-state index < -0.39 is 29.2 Å². The van der Waals surface area contributed by atoms with Crippen LogP contribution in [0.5, 0.6) is 0 Å². The second-order valence-electron chi connectivity index (χ2n) is 11.3. The predicted molar refractivity (Wildman–Crippen MR) is 126 cm³/mol. The van der Waals surface area contributed by atoms with Gasteiger partial charge in [-0.1, -0.05) is 64.7 Å². The average Bonchev–Trinajstić information content (AvgIpc) is 2.83. The van der Waals surface area contributed by atoms with Crippen molar-refractivity contribution < 1.29 is 15.0 Å². The highest BCUT2D eigenvalue weighted by Crippen LogP contribution is 2.47. The molecule has 6 heteroatoms. The molecule has 1 amide bonds. The number of hydrogen-bond donors (Lipinski definition) is 3. The van der Waals surface area contributed by atoms with Crippen LogP contribution in [0.2, 0.25) is 0 Å². The number of likely N-dealkylation sites (tertiary alicyclic amines) is 1. The van der Waals surface area contributed by atoms with Crippen molar-refractivity contribution in [1.82, 2.24) is 15.1 Å². The maximum Gasteiger partial charge on any atom is 0.220 e. The van der Waals surface area contributed by atoms with E-state index in [4.69, 9.17) is 0 Å². The van der Waals surface area contributed by atoms with Crippen LogP contribution in [-0.4, -0.2) is 61.7 Å². The Morgan fingerprint density at radius 1 is 0.871 bits per heavy atom. The molecule has 3 N–H and O–H groups in total. The molecule has 2 aliphatic rings. The summed E-state index contributed by atoms with van der Waals surface area (Å²) in [7, 11) is 0. The molecule has 182 valence electrons. The van der Waals surface area contributed by atoms with Gasteiger partial charge in [0, 0.05) is 24.5 Å². The molecule has 0 bridgehead atoms. The molecule has 2 aliphatic heterocycles. The van der Waals surface area contributed by atoms with Crippen molar-refractivity contribution in [3.63, 3.8) is 0 Å². The molecule has 0 aromatic carbocycles. The van der Waals surface area contributed by atoms with E-state index in [0.29, 0.717) is 19.4 Å². The van der Waals surface area contributed by atoms with Crippen LogP contribution in [0.25, 0.3) is 0 Å². The van der Waals surface area contributed by atoms with Crippen LogP contribution < -0.4 is 5.32 Å². The Morgan fingerprint density at radius 2 is 1.32 bits per heavy atom. The van der Waals surface area contributed by atoms with Crippen LogP contribution in [0.15, 0.2) is 0 Å². The van der Waals surface area contributed by atoms with Crippen molar-refractivity contribution in [3.05, 3.63) is 0 Å². The van der Waals surface area contributed by atoms with E-state index in [1.54, 1.807) is 11.8 Å². The van der Waals surface area contributed by atoms with Gasteiger partial charge in [0.1, 0.15) is 6.23 Å². The topological polar surface area (TPSA) is 76.0 Å². The summed E-state index contributed by atoms with van der Waals surface area (Å²) in [5.41, 5.74) is -1.43. The lowest BCUT2D eigenvalue weighted by molar-refractivity contribution is -0.157. The summed E-state index contributed by atoms with van der Waals surface area (Å²) in [5.74, 6) is 0.0557. The van der Waals surface area contributed by atoms with Crippen molar-refractivity contribution in [2.75, 3.05) is 6.54 Å². The Hall–Kier alpha value is -0.690. The number of nitrogens with one attached hydrogen (secondary N) is 1. The zero-order chi connectivity index (χ0) is 23.3. The molecular formula is C25H49N3O3. The summed E-state index contributed by atoms with van der Waals surface area (Å²) in [6.07, 6.45) is 12.3. The van der Waals surface area contributed by atoms with Crippen LogP contribution >= 0.6 is 0 Å². The lowest BCUT2D eigenvalue weighted by Crippen LogP contribution is -2.71. The first-order valence-electron chi connectivity index (χ1n) is 12.7. The summed E-state index contributed by atoms with van der Waals surface area (Å²) in [6, 6.07) is 0. The number of amides is 1. The van der Waals surface area contributed by atoms with Gasteiger partial charge in [-0.2, -0.15) is 0 Å². The quantitative estimate of drug-likeness (QED) is 0.417. The number of nitrogens with zero attached hydrogens (tertiary/aromatic N) is 2. The van der Waals surface area contributed by atoms with Crippen LogP contribution in [-0.2, 0) is 4.79 Å². The minimum Gasteiger partial charge on any atom is -0.376 e. The zero-order valence-corrected chi connectivity index (χ0v) is 21.0. The molecule has 2 atom stereocenters. The van der Waals surface area contributed by atoms with Gasteiger partial charge in [-0.25, -0.2) is 4.90 Å². The third kappa shape index (κ3) is 6.43. The van der Waals surface area contributed by atoms with Crippen LogP contribution in [0.4, 0.5) is 0 Å². The number of rotatable bonds is 11. The van der Waals surface area contributed by atoms with Gasteiger partial charge in [-0.05, 0) is 47.0 Å². The van der Waals surface area contributed by atoms with E-state index in [0.717, 1.165) is 12.8 Å². The third-order valence-corrected chi connectivity index (χ3v) is 7.33. The van der Waals surface area contributed by atoms with Gasteiger partial charge < -0.3 is 15.1 Å². The maximum absolute atomic E-state index is 12.3. The largest absolute Gasteiger partial charge is 0.376 e. The number of aliphatic hydroxyl groups excluding tert-OH is 2. The summed E-state index contributed by atoms with van der Waals surface area (Å²) < 4.78 is 0. The van der Waals surface area contributed by atoms with Crippen molar-refractivity contribution in [2.24, 2.45) is 0 Å². The first-order valence-corrected chi connectivity index (χ1v) is 12.7. The van der Waals surface area contributed by atoms with Gasteiger partial charge >= 0.3 is 0 Å². The second kappa shape index (κ2) is 11.0. The molecule has 6 nitrogen and oxygen atoms in total. The van der Waals surface area contributed by atoms with E-state index in [1.165, 1.54) is 51.4 Å². The number of aliphatic hydroxyl groups is 2. The van der Waals surface area contributed by atoms with Crippen LogP contribution in [0.1, 0.15) is 119 Å². The Kier molecular flexibility index (Phi) is 9.39. The van der Waals surface area contributed by atoms with Gasteiger partial charge in [0.2, 0.25) is 5.91 Å². The van der Waals surface area contributed by atoms with E-state index in [2.05, 4.69) is 39.9 Å². The maximum atomic E-state index is 12.3. The lowest BCUT2D eigenvalue weighted by atomic mass is 9.68. The van der Waals surface area contributed by atoms with Gasteiger partial charge in [-0.3, -0.25) is 10.1 Å². The summed E-state index contributed by atoms with van der Waals surface area (Å²) in [5, 5.41) is 25.3. The van der Waals surface area contributed by atoms with Gasteiger partial charge in [0.05, 0.1) is 5.54 Å². The van der Waals surface area contributed by atoms with Gasteiger partial charge in [0.25, 0.3) is 0 Å². The monoisotopic (exact) mass is 439 g/mol. The van der Waals surface area contributed by atoms with Crippen molar-refractivity contribution in [1.29, 1.82) is 0 Å². The lowest BCUT2D eigenvalue weighted by Gasteiger charge is -2.59. The molecule has 2 unspecified atom stereocenters. The highest BCUT2D eigenvalue weighted by atomic mass is 16.4. The molecule has 2 saturated heterocycles. The van der Waals surface area contributed by atoms with Crippen molar-refractivity contribution in [3.8, 4) is 0 Å². The molecule has 2 fully saturated rings. The number of unbranched alkanes of at least 4 members (excludes halogenated alkanes) is 9. The second-order valence-corrected chi connectivity index (χ2v) is 11.3. The van der Waals surface area contributed by atoms with Gasteiger partial charge in [0.15, 0.2) is 6.35 Å². The number of carbonyl (C=O) groups excluding carboxylic acids is 1. The Labute approximate surface area is 190 Å². The van der Waals surface area contributed by atoms with E-state index in [-0.39, 0.29) is 5.91 Å². The Bertz CT molecular complexity index is 560. The zero-order valence-electron chi connectivity index (χ0n) is 21.0. The summed E-state index contributed by atoms with van der Waals surface area (Å²) in [4.78, 5) is 16.1. The standard InChI is InChI=1S/C25H49N3O3/c1-7-8-9-10-11-12-13-14-15-16-17-27-21(30)25(26-22(27)31)18-23(3,4)28(20(2)29)24(5,6)19-25/h21-22,26,30-31H,7-19H2,1-6H3. The first kappa shape index (κ1) is 26.6. The molecule has 0 aromatic heterocycles. The number of hydrogen-bond acceptors (Lipinski definition) is 5. The highest BCUT2D eigenvalue weighted by Gasteiger charge is 2.60. The minimum atomic E-state index is -0.843. The normalized spacial score (nSPS) is 27.2. The smallest absolute Gasteiger partial charge is 0.220 e. The molecule has 2 heterocycles. The molecule has 0 saturated carbocycles. The molecule has 2 rings (SSSR count). The fourth-order valence-electron chi connectivity index (χ4n) is 6.61. The molecule has 0 aliphatic carbocycles. The Morgan fingerprint density at radius 3 is 1.77 bits per heavy atom. The van der Waals surface area contributed by atoms with E-state index in [9.17, 15) is 15.0 Å². The van der Waals surface area contributed by atoms with Crippen molar-refractivity contribution >= 4 is 5.91 Å². The predicted octanol–water partition coefficient (Wildman–Crippen LogP) is 4.35. The highest BCUT2D eigenvalue weighted by molar-refractivity contribution is 5.75.